The van der Waals surface area contributed by atoms with Gasteiger partial charge in [-0.25, -0.2) is 14.5 Å². The Morgan fingerprint density at radius 3 is 2.71 bits per heavy atom. The van der Waals surface area contributed by atoms with Crippen LogP contribution in [0.5, 0.6) is 5.75 Å². The second kappa shape index (κ2) is 11.8. The summed E-state index contributed by atoms with van der Waals surface area (Å²) in [7, 11) is 4.90. The molecule has 0 bridgehead atoms. The number of carbonyl (C=O) groups is 2. The molecule has 10 nitrogen and oxygen atoms in total. The van der Waals surface area contributed by atoms with Gasteiger partial charge in [-0.15, -0.1) is 5.10 Å². The maximum Gasteiger partial charge on any atom is 0.409 e. The van der Waals surface area contributed by atoms with Crippen molar-refractivity contribution in [2.45, 2.75) is 52.6 Å². The van der Waals surface area contributed by atoms with E-state index >= 15 is 0 Å². The number of carbonyl (C=O) groups excluding carboxylic acids is 2. The molecule has 0 spiro atoms. The van der Waals surface area contributed by atoms with Gasteiger partial charge in [0.25, 0.3) is 0 Å². The van der Waals surface area contributed by atoms with Crippen LogP contribution in [-0.4, -0.2) is 64.2 Å². The number of ether oxygens (including phenoxy) is 3. The van der Waals surface area contributed by atoms with Gasteiger partial charge in [0.05, 0.1) is 31.0 Å². The Hall–Kier alpha value is -3.17. The maximum absolute atomic E-state index is 12.2. The van der Waals surface area contributed by atoms with Crippen LogP contribution >= 0.6 is 0 Å². The molecule has 0 unspecified atom stereocenters. The number of esters is 1. The van der Waals surface area contributed by atoms with Crippen molar-refractivity contribution in [3.63, 3.8) is 0 Å². The van der Waals surface area contributed by atoms with Crippen LogP contribution in [-0.2, 0) is 27.9 Å². The topological polar surface area (TPSA) is 109 Å². The lowest BCUT2D eigenvalue weighted by molar-refractivity contribution is -0.149. The van der Waals surface area contributed by atoms with E-state index < -0.39 is 6.09 Å². The van der Waals surface area contributed by atoms with Crippen molar-refractivity contribution < 1.29 is 23.8 Å². The number of rotatable bonds is 9. The van der Waals surface area contributed by atoms with Crippen molar-refractivity contribution in [3.05, 3.63) is 23.5 Å². The number of amides is 1. The molecule has 1 saturated carbocycles. The second-order valence-corrected chi connectivity index (χ2v) is 8.75. The number of nitrogens with zero attached hydrogens (tertiary/aromatic N) is 5. The third kappa shape index (κ3) is 6.03. The fraction of sp³-hybridized carbons (Fsp3) is 0.625. The Kier molecular flexibility index (Phi) is 8.84. The van der Waals surface area contributed by atoms with Crippen LogP contribution in [0, 0.1) is 18.8 Å². The zero-order valence-electron chi connectivity index (χ0n) is 20.7. The summed E-state index contributed by atoms with van der Waals surface area (Å²) in [4.78, 5) is 30.5. The van der Waals surface area contributed by atoms with Gasteiger partial charge in [-0.05, 0) is 38.3 Å². The van der Waals surface area contributed by atoms with E-state index in [0.29, 0.717) is 41.7 Å². The average molecular weight is 474 g/mol. The Bertz CT molecular complexity index is 992. The predicted molar refractivity (Wildman–Crippen MR) is 125 cm³/mol. The molecule has 1 aliphatic carbocycles. The van der Waals surface area contributed by atoms with E-state index in [2.05, 4.69) is 15.3 Å². The van der Waals surface area contributed by atoms with E-state index in [1.54, 1.807) is 18.8 Å². The first-order chi connectivity index (χ1) is 16.3. The van der Waals surface area contributed by atoms with E-state index in [0.717, 1.165) is 32.1 Å². The van der Waals surface area contributed by atoms with Crippen molar-refractivity contribution in [2.75, 3.05) is 27.3 Å². The molecule has 1 fully saturated rings. The molecule has 2 atom stereocenters. The SMILES string of the molecule is CCCN(C)C(=O)OCc1c(-c2ccc(OC[C@H]3CCCC[C@@H]3C(=O)OC)c(C)n2)nnn1C. The van der Waals surface area contributed by atoms with Gasteiger partial charge in [0.15, 0.2) is 0 Å². The molecule has 0 N–H and O–H groups in total. The molecule has 0 aliphatic heterocycles. The lowest BCUT2D eigenvalue weighted by Gasteiger charge is -2.29. The van der Waals surface area contributed by atoms with Crippen LogP contribution in [0.4, 0.5) is 4.79 Å². The molecular formula is C24H35N5O5. The monoisotopic (exact) mass is 473 g/mol. The summed E-state index contributed by atoms with van der Waals surface area (Å²) < 4.78 is 18.1. The minimum absolute atomic E-state index is 0.0430. The summed E-state index contributed by atoms with van der Waals surface area (Å²) in [6.45, 7) is 4.98. The summed E-state index contributed by atoms with van der Waals surface area (Å²) in [5.74, 6) is 0.520. The van der Waals surface area contributed by atoms with Crippen LogP contribution in [0.2, 0.25) is 0 Å². The van der Waals surface area contributed by atoms with Gasteiger partial charge in [-0.1, -0.05) is 25.0 Å². The Balaban J connectivity index is 1.68. The molecule has 1 aliphatic rings. The van der Waals surface area contributed by atoms with Gasteiger partial charge in [-0.3, -0.25) is 4.79 Å². The quantitative estimate of drug-likeness (QED) is 0.509. The van der Waals surface area contributed by atoms with Gasteiger partial charge < -0.3 is 19.1 Å². The summed E-state index contributed by atoms with van der Waals surface area (Å²) >= 11 is 0. The molecule has 34 heavy (non-hydrogen) atoms. The van der Waals surface area contributed by atoms with Crippen LogP contribution in [0.1, 0.15) is 50.4 Å². The van der Waals surface area contributed by atoms with Crippen LogP contribution in [0.25, 0.3) is 11.4 Å². The van der Waals surface area contributed by atoms with E-state index in [4.69, 9.17) is 14.2 Å². The highest BCUT2D eigenvalue weighted by Gasteiger charge is 2.32. The number of aryl methyl sites for hydroxylation is 2. The third-order valence-corrected chi connectivity index (χ3v) is 6.29. The van der Waals surface area contributed by atoms with Gasteiger partial charge in [-0.2, -0.15) is 0 Å². The standard InChI is InChI=1S/C24H35N5O5/c1-6-13-28(3)24(31)34-15-20-22(26-27-29(20)4)19-11-12-21(16(2)25-19)33-14-17-9-7-8-10-18(17)23(30)32-5/h11-12,17-18H,6-10,13-15H2,1-5H3/t17-,18+/m1/s1. The number of methoxy groups -OCH3 is 1. The molecule has 2 aromatic heterocycles. The van der Waals surface area contributed by atoms with E-state index in [1.165, 1.54) is 12.0 Å². The van der Waals surface area contributed by atoms with Gasteiger partial charge in [0.2, 0.25) is 0 Å². The van der Waals surface area contributed by atoms with Gasteiger partial charge in [0, 0.05) is 26.6 Å². The molecule has 2 aromatic rings. The molecule has 0 radical (unpaired) electrons. The molecule has 3 rings (SSSR count). The zero-order valence-corrected chi connectivity index (χ0v) is 20.7. The summed E-state index contributed by atoms with van der Waals surface area (Å²) in [6.07, 6.45) is 4.37. The first-order valence-corrected chi connectivity index (χ1v) is 11.8. The van der Waals surface area contributed by atoms with Crippen molar-refractivity contribution in [2.24, 2.45) is 18.9 Å². The molecule has 10 heteroatoms. The Morgan fingerprint density at radius 2 is 2.00 bits per heavy atom. The van der Waals surface area contributed by atoms with Crippen LogP contribution < -0.4 is 4.74 Å². The molecule has 1 amide bonds. The summed E-state index contributed by atoms with van der Waals surface area (Å²) in [5.41, 5.74) is 2.54. The van der Waals surface area contributed by atoms with Gasteiger partial charge in [0.1, 0.15) is 23.7 Å². The molecular weight excluding hydrogens is 438 g/mol. The predicted octanol–water partition coefficient (Wildman–Crippen LogP) is 3.52. The summed E-state index contributed by atoms with van der Waals surface area (Å²) in [5, 5.41) is 8.31. The van der Waals surface area contributed by atoms with Gasteiger partial charge >= 0.3 is 12.1 Å². The molecule has 0 aromatic carbocycles. The largest absolute Gasteiger partial charge is 0.491 e. The fourth-order valence-corrected chi connectivity index (χ4v) is 4.30. The number of aromatic nitrogens is 4. The number of pyridine rings is 1. The number of hydrogen-bond acceptors (Lipinski definition) is 8. The van der Waals surface area contributed by atoms with Crippen molar-refractivity contribution in [1.82, 2.24) is 24.9 Å². The molecule has 2 heterocycles. The highest BCUT2D eigenvalue weighted by molar-refractivity contribution is 5.72. The van der Waals surface area contributed by atoms with Crippen LogP contribution in [0.15, 0.2) is 12.1 Å². The van der Waals surface area contributed by atoms with E-state index in [1.807, 2.05) is 26.0 Å². The smallest absolute Gasteiger partial charge is 0.409 e. The van der Waals surface area contributed by atoms with Crippen molar-refractivity contribution >= 4 is 12.1 Å². The zero-order chi connectivity index (χ0) is 24.7. The van der Waals surface area contributed by atoms with Crippen LogP contribution in [0.3, 0.4) is 0 Å². The molecule has 186 valence electrons. The van der Waals surface area contributed by atoms with Crippen molar-refractivity contribution in [1.29, 1.82) is 0 Å². The van der Waals surface area contributed by atoms with E-state index in [9.17, 15) is 9.59 Å². The fourth-order valence-electron chi connectivity index (χ4n) is 4.30. The first-order valence-electron chi connectivity index (χ1n) is 11.8. The summed E-state index contributed by atoms with van der Waals surface area (Å²) in [6, 6.07) is 3.67. The third-order valence-electron chi connectivity index (χ3n) is 6.29. The maximum atomic E-state index is 12.2. The second-order valence-electron chi connectivity index (χ2n) is 8.75. The highest BCUT2D eigenvalue weighted by Crippen LogP contribution is 2.32. The Labute approximate surface area is 200 Å². The normalized spacial score (nSPS) is 17.8. The minimum Gasteiger partial charge on any atom is -0.491 e. The highest BCUT2D eigenvalue weighted by atomic mass is 16.6. The lowest BCUT2D eigenvalue weighted by atomic mass is 9.80. The average Bonchev–Trinajstić information content (AvgIpc) is 3.21. The number of hydrogen-bond donors (Lipinski definition) is 0. The molecule has 0 saturated heterocycles. The van der Waals surface area contributed by atoms with Crippen molar-refractivity contribution in [3.8, 4) is 17.1 Å². The first kappa shape index (κ1) is 25.5. The minimum atomic E-state index is -0.394. The van der Waals surface area contributed by atoms with E-state index in [-0.39, 0.29) is 24.4 Å². The lowest BCUT2D eigenvalue weighted by Crippen LogP contribution is -2.32. The Morgan fingerprint density at radius 1 is 1.24 bits per heavy atom.